The number of hydrogen-bond donors (Lipinski definition) is 3. The van der Waals surface area contributed by atoms with E-state index < -0.39 is 27.7 Å². The van der Waals surface area contributed by atoms with E-state index in [0.29, 0.717) is 16.8 Å². The van der Waals surface area contributed by atoms with Crippen LogP contribution in [-0.2, 0) is 10.0 Å². The lowest BCUT2D eigenvalue weighted by Crippen LogP contribution is -2.34. The third-order valence-electron chi connectivity index (χ3n) is 3.93. The van der Waals surface area contributed by atoms with E-state index in [9.17, 15) is 22.4 Å². The van der Waals surface area contributed by atoms with Crippen LogP contribution in [0.25, 0.3) is 0 Å². The number of amides is 2. The van der Waals surface area contributed by atoms with Gasteiger partial charge in [0.1, 0.15) is 5.82 Å². The quantitative estimate of drug-likeness (QED) is 0.611. The van der Waals surface area contributed by atoms with Crippen LogP contribution in [0, 0.1) is 19.7 Å². The fourth-order valence-electron chi connectivity index (χ4n) is 2.36. The first-order valence-electron chi connectivity index (χ1n) is 8.48. The van der Waals surface area contributed by atoms with Crippen LogP contribution in [0.3, 0.4) is 0 Å². The van der Waals surface area contributed by atoms with E-state index in [1.165, 1.54) is 18.2 Å². The summed E-state index contributed by atoms with van der Waals surface area (Å²) in [4.78, 5) is 24.2. The van der Waals surface area contributed by atoms with Crippen molar-refractivity contribution in [2.75, 3.05) is 24.1 Å². The maximum atomic E-state index is 13.5. The van der Waals surface area contributed by atoms with Crippen molar-refractivity contribution in [1.29, 1.82) is 0 Å². The van der Waals surface area contributed by atoms with Crippen LogP contribution in [0.2, 0.25) is 0 Å². The van der Waals surface area contributed by atoms with Crippen LogP contribution in [0.5, 0.6) is 0 Å². The summed E-state index contributed by atoms with van der Waals surface area (Å²) in [5.74, 6) is -1.31. The molecule has 0 heterocycles. The van der Waals surface area contributed by atoms with Gasteiger partial charge in [-0.05, 0) is 49.2 Å². The highest BCUT2D eigenvalue weighted by atomic mass is 32.2. The Bertz CT molecular complexity index is 1010. The number of sulfonamides is 1. The molecule has 150 valence electrons. The Balaban J connectivity index is 1.89. The molecular weight excluding hydrogens is 385 g/mol. The van der Waals surface area contributed by atoms with Gasteiger partial charge in [0.05, 0.1) is 11.9 Å². The predicted octanol–water partition coefficient (Wildman–Crippen LogP) is 1.97. The zero-order valence-corrected chi connectivity index (χ0v) is 16.6. The van der Waals surface area contributed by atoms with Gasteiger partial charge in [-0.15, -0.1) is 0 Å². The van der Waals surface area contributed by atoms with Gasteiger partial charge in [0.25, 0.3) is 11.8 Å². The van der Waals surface area contributed by atoms with Gasteiger partial charge in [-0.2, -0.15) is 0 Å². The van der Waals surface area contributed by atoms with E-state index in [1.54, 1.807) is 26.0 Å². The summed E-state index contributed by atoms with van der Waals surface area (Å²) in [6.07, 6.45) is 1.03. The van der Waals surface area contributed by atoms with Crippen LogP contribution in [0.1, 0.15) is 31.8 Å². The van der Waals surface area contributed by atoms with Gasteiger partial charge >= 0.3 is 0 Å². The smallest absolute Gasteiger partial charge is 0.251 e. The van der Waals surface area contributed by atoms with Crippen LogP contribution < -0.4 is 15.4 Å². The zero-order valence-electron chi connectivity index (χ0n) is 15.8. The molecule has 0 atom stereocenters. The van der Waals surface area contributed by atoms with E-state index in [0.717, 1.165) is 12.3 Å². The molecule has 2 aromatic rings. The van der Waals surface area contributed by atoms with Crippen molar-refractivity contribution in [3.8, 4) is 0 Å². The first kappa shape index (κ1) is 21.4. The topological polar surface area (TPSA) is 104 Å². The van der Waals surface area contributed by atoms with E-state index in [4.69, 9.17) is 0 Å². The molecule has 3 N–H and O–H groups in total. The number of carbonyl (C=O) groups excluding carboxylic acids is 2. The Labute approximate surface area is 163 Å². The number of carbonyl (C=O) groups is 2. The maximum Gasteiger partial charge on any atom is 0.251 e. The third kappa shape index (κ3) is 6.05. The average molecular weight is 407 g/mol. The molecule has 0 radical (unpaired) electrons. The lowest BCUT2D eigenvalue weighted by atomic mass is 10.1. The van der Waals surface area contributed by atoms with Crippen LogP contribution in [0.15, 0.2) is 36.4 Å². The zero-order chi connectivity index (χ0) is 20.9. The molecule has 0 saturated carbocycles. The van der Waals surface area contributed by atoms with E-state index >= 15 is 0 Å². The second-order valence-corrected chi connectivity index (χ2v) is 8.13. The molecule has 0 unspecified atom stereocenters. The lowest BCUT2D eigenvalue weighted by Gasteiger charge is -2.11. The molecule has 0 spiro atoms. The number of halogens is 1. The van der Waals surface area contributed by atoms with Crippen LogP contribution in [0.4, 0.5) is 10.1 Å². The molecule has 28 heavy (non-hydrogen) atoms. The first-order chi connectivity index (χ1) is 13.1. The Morgan fingerprint density at radius 1 is 0.893 bits per heavy atom. The minimum absolute atomic E-state index is 0.153. The van der Waals surface area contributed by atoms with E-state index in [2.05, 4.69) is 15.4 Å². The van der Waals surface area contributed by atoms with Gasteiger partial charge in [-0.3, -0.25) is 14.3 Å². The molecule has 7 nitrogen and oxygen atoms in total. The Hall–Kier alpha value is -2.94. The summed E-state index contributed by atoms with van der Waals surface area (Å²) >= 11 is 0. The molecule has 0 saturated heterocycles. The van der Waals surface area contributed by atoms with Crippen molar-refractivity contribution in [3.05, 3.63) is 64.5 Å². The molecule has 0 aliphatic carbocycles. The van der Waals surface area contributed by atoms with Gasteiger partial charge in [0, 0.05) is 24.2 Å². The molecule has 9 heteroatoms. The largest absolute Gasteiger partial charge is 0.350 e. The SMILES string of the molecule is Cc1ccc(C(=O)NCCNC(=O)c2ccc(C)c(NS(C)(=O)=O)c2)cc1F. The molecule has 2 amide bonds. The van der Waals surface area contributed by atoms with Gasteiger partial charge in [-0.25, -0.2) is 12.8 Å². The number of nitrogens with one attached hydrogen (secondary N) is 3. The van der Waals surface area contributed by atoms with E-state index in [1.807, 2.05) is 0 Å². The Morgan fingerprint density at radius 3 is 1.89 bits per heavy atom. The van der Waals surface area contributed by atoms with Crippen molar-refractivity contribution < 1.29 is 22.4 Å². The van der Waals surface area contributed by atoms with Gasteiger partial charge in [0.2, 0.25) is 10.0 Å². The number of aryl methyl sites for hydroxylation is 2. The minimum atomic E-state index is -3.46. The van der Waals surface area contributed by atoms with E-state index in [-0.39, 0.29) is 24.2 Å². The van der Waals surface area contributed by atoms with Gasteiger partial charge < -0.3 is 10.6 Å². The van der Waals surface area contributed by atoms with Crippen LogP contribution in [-0.4, -0.2) is 39.6 Å². The molecule has 0 fully saturated rings. The number of hydrogen-bond acceptors (Lipinski definition) is 4. The summed E-state index contributed by atoms with van der Waals surface area (Å²) in [5, 5.41) is 5.22. The number of benzene rings is 2. The summed E-state index contributed by atoms with van der Waals surface area (Å²) in [6, 6.07) is 8.85. The standard InChI is InChI=1S/C19H22FN3O4S/c1-12-4-6-14(10-16(12)20)18(24)21-8-9-22-19(25)15-7-5-13(2)17(11-15)23-28(3,26)27/h4-7,10-11,23H,8-9H2,1-3H3,(H,21,24)(H,22,25). The molecule has 2 aromatic carbocycles. The van der Waals surface area contributed by atoms with Crippen molar-refractivity contribution >= 4 is 27.5 Å². The molecule has 0 aliphatic heterocycles. The summed E-state index contributed by atoms with van der Waals surface area (Å²) in [7, 11) is -3.46. The highest BCUT2D eigenvalue weighted by Gasteiger charge is 2.11. The summed E-state index contributed by atoms with van der Waals surface area (Å²) in [5.41, 5.74) is 1.93. The first-order valence-corrected chi connectivity index (χ1v) is 10.4. The molecule has 0 aliphatic rings. The van der Waals surface area contributed by atoms with Crippen LogP contribution >= 0.6 is 0 Å². The third-order valence-corrected chi connectivity index (χ3v) is 4.52. The van der Waals surface area contributed by atoms with Crippen molar-refractivity contribution in [2.45, 2.75) is 13.8 Å². The second kappa shape index (κ2) is 8.83. The minimum Gasteiger partial charge on any atom is -0.350 e. The van der Waals surface area contributed by atoms with Gasteiger partial charge in [0.15, 0.2) is 0 Å². The Kier molecular flexibility index (Phi) is 6.74. The highest BCUT2D eigenvalue weighted by molar-refractivity contribution is 7.92. The van der Waals surface area contributed by atoms with Crippen molar-refractivity contribution in [3.63, 3.8) is 0 Å². The Morgan fingerprint density at radius 2 is 1.39 bits per heavy atom. The number of anilines is 1. The fraction of sp³-hybridized carbons (Fsp3) is 0.263. The number of rotatable bonds is 7. The fourth-order valence-corrected chi connectivity index (χ4v) is 2.98. The molecule has 0 bridgehead atoms. The average Bonchev–Trinajstić information content (AvgIpc) is 2.61. The molecule has 0 aromatic heterocycles. The van der Waals surface area contributed by atoms with Crippen molar-refractivity contribution in [2.24, 2.45) is 0 Å². The molecular formula is C19H22FN3O4S. The highest BCUT2D eigenvalue weighted by Crippen LogP contribution is 2.18. The van der Waals surface area contributed by atoms with Crippen molar-refractivity contribution in [1.82, 2.24) is 10.6 Å². The lowest BCUT2D eigenvalue weighted by molar-refractivity contribution is 0.0927. The second-order valence-electron chi connectivity index (χ2n) is 6.38. The monoisotopic (exact) mass is 407 g/mol. The summed E-state index contributed by atoms with van der Waals surface area (Å²) < 4.78 is 38.6. The predicted molar refractivity (Wildman–Crippen MR) is 105 cm³/mol. The molecule has 2 rings (SSSR count). The maximum absolute atomic E-state index is 13.5. The normalized spacial score (nSPS) is 11.0. The summed E-state index contributed by atoms with van der Waals surface area (Å²) in [6.45, 7) is 3.63. The van der Waals surface area contributed by atoms with Gasteiger partial charge in [-0.1, -0.05) is 12.1 Å².